The van der Waals surface area contributed by atoms with Crippen molar-refractivity contribution in [2.75, 3.05) is 11.9 Å². The molecule has 1 amide bonds. The number of likely N-dealkylation sites (tertiary alicyclic amines) is 1. The topological polar surface area (TPSA) is 32.3 Å². The normalized spacial score (nSPS) is 22.6. The van der Waals surface area contributed by atoms with Gasteiger partial charge in [0.05, 0.1) is 6.04 Å². The van der Waals surface area contributed by atoms with Crippen LogP contribution in [0.4, 0.5) is 5.69 Å². The van der Waals surface area contributed by atoms with Gasteiger partial charge in [-0.2, -0.15) is 0 Å². The van der Waals surface area contributed by atoms with E-state index in [0.717, 1.165) is 30.6 Å². The van der Waals surface area contributed by atoms with Crippen molar-refractivity contribution < 1.29 is 4.79 Å². The molecule has 2 aliphatic rings. The maximum absolute atomic E-state index is 12.8. The third-order valence-corrected chi connectivity index (χ3v) is 5.28. The first-order chi connectivity index (χ1) is 10.6. The first-order valence-corrected chi connectivity index (χ1v) is 8.79. The standard InChI is InChI=1S/C19H28N2O.ClH/c1-14-10-11-17(15(2)13-14)20-19(22)18-9-6-12-21(18)16-7-4-3-5-8-16;/h10-11,13,16,18H,3-9,12H2,1-2H3,(H,20,22);1H. The van der Waals surface area contributed by atoms with E-state index in [4.69, 9.17) is 0 Å². The lowest BCUT2D eigenvalue weighted by molar-refractivity contribution is -0.121. The Labute approximate surface area is 146 Å². The molecule has 0 spiro atoms. The maximum atomic E-state index is 12.8. The van der Waals surface area contributed by atoms with Gasteiger partial charge in [-0.1, -0.05) is 37.0 Å². The van der Waals surface area contributed by atoms with Gasteiger partial charge in [0, 0.05) is 11.7 Å². The van der Waals surface area contributed by atoms with Crippen molar-refractivity contribution >= 4 is 24.0 Å². The van der Waals surface area contributed by atoms with E-state index in [-0.39, 0.29) is 24.4 Å². The second-order valence-electron chi connectivity index (χ2n) is 7.00. The van der Waals surface area contributed by atoms with Crippen molar-refractivity contribution in [2.45, 2.75) is 70.9 Å². The molecule has 0 aromatic heterocycles. The van der Waals surface area contributed by atoms with E-state index in [1.165, 1.54) is 37.7 Å². The molecule has 1 aliphatic heterocycles. The lowest BCUT2D eigenvalue weighted by Gasteiger charge is -2.34. The highest BCUT2D eigenvalue weighted by Crippen LogP contribution is 2.30. The van der Waals surface area contributed by atoms with Crippen LogP contribution < -0.4 is 5.32 Å². The predicted molar refractivity (Wildman–Crippen MR) is 98.4 cm³/mol. The zero-order valence-electron chi connectivity index (χ0n) is 14.3. The second-order valence-corrected chi connectivity index (χ2v) is 7.00. The van der Waals surface area contributed by atoms with Gasteiger partial charge in [0.25, 0.3) is 0 Å². The van der Waals surface area contributed by atoms with Crippen LogP contribution in [0.2, 0.25) is 0 Å². The predicted octanol–water partition coefficient (Wildman–Crippen LogP) is 4.46. The first kappa shape index (κ1) is 18.3. The van der Waals surface area contributed by atoms with Gasteiger partial charge in [0.2, 0.25) is 5.91 Å². The van der Waals surface area contributed by atoms with Gasteiger partial charge in [0.15, 0.2) is 0 Å². The molecule has 3 nitrogen and oxygen atoms in total. The number of benzene rings is 1. The van der Waals surface area contributed by atoms with Crippen LogP contribution in [-0.4, -0.2) is 29.4 Å². The SMILES string of the molecule is Cc1ccc(NC(=O)C2CCCN2C2CCCCC2)c(C)c1.Cl. The lowest BCUT2D eigenvalue weighted by atomic mass is 9.93. The smallest absolute Gasteiger partial charge is 0.241 e. The molecular weight excluding hydrogens is 308 g/mol. The van der Waals surface area contributed by atoms with Crippen molar-refractivity contribution in [3.05, 3.63) is 29.3 Å². The number of aryl methyl sites for hydroxylation is 2. The van der Waals surface area contributed by atoms with Crippen LogP contribution in [0, 0.1) is 13.8 Å². The Morgan fingerprint density at radius 3 is 2.52 bits per heavy atom. The Hall–Kier alpha value is -1.06. The summed E-state index contributed by atoms with van der Waals surface area (Å²) in [6.45, 7) is 5.24. The van der Waals surface area contributed by atoms with Crippen molar-refractivity contribution in [1.82, 2.24) is 4.90 Å². The van der Waals surface area contributed by atoms with Crippen LogP contribution in [0.25, 0.3) is 0 Å². The molecule has 4 heteroatoms. The molecule has 1 aliphatic carbocycles. The number of nitrogens with one attached hydrogen (secondary N) is 1. The number of rotatable bonds is 3. The molecule has 1 atom stereocenters. The number of hydrogen-bond acceptors (Lipinski definition) is 2. The van der Waals surface area contributed by atoms with Crippen LogP contribution in [0.1, 0.15) is 56.1 Å². The molecule has 1 saturated heterocycles. The number of halogens is 1. The Kier molecular flexibility index (Phi) is 6.49. The number of carbonyl (C=O) groups excluding carboxylic acids is 1. The number of anilines is 1. The highest BCUT2D eigenvalue weighted by Gasteiger charge is 2.35. The Bertz CT molecular complexity index is 540. The fourth-order valence-corrected chi connectivity index (χ4v) is 4.09. The van der Waals surface area contributed by atoms with E-state index in [1.807, 2.05) is 6.07 Å². The summed E-state index contributed by atoms with van der Waals surface area (Å²) >= 11 is 0. The molecule has 0 bridgehead atoms. The van der Waals surface area contributed by atoms with E-state index in [2.05, 4.69) is 36.2 Å². The minimum absolute atomic E-state index is 0. The summed E-state index contributed by atoms with van der Waals surface area (Å²) < 4.78 is 0. The number of nitrogens with zero attached hydrogens (tertiary/aromatic N) is 1. The van der Waals surface area contributed by atoms with Crippen LogP contribution in [0.3, 0.4) is 0 Å². The van der Waals surface area contributed by atoms with E-state index in [0.29, 0.717) is 6.04 Å². The van der Waals surface area contributed by atoms with E-state index in [1.54, 1.807) is 0 Å². The van der Waals surface area contributed by atoms with Gasteiger partial charge < -0.3 is 5.32 Å². The maximum Gasteiger partial charge on any atom is 0.241 e. The molecule has 1 saturated carbocycles. The van der Waals surface area contributed by atoms with Crippen molar-refractivity contribution in [1.29, 1.82) is 0 Å². The quantitative estimate of drug-likeness (QED) is 0.883. The fourth-order valence-electron chi connectivity index (χ4n) is 4.09. The molecule has 1 heterocycles. The number of hydrogen-bond donors (Lipinski definition) is 1. The third kappa shape index (κ3) is 4.27. The number of carbonyl (C=O) groups is 1. The van der Waals surface area contributed by atoms with Gasteiger partial charge in [-0.3, -0.25) is 9.69 Å². The van der Waals surface area contributed by atoms with E-state index >= 15 is 0 Å². The molecule has 128 valence electrons. The molecular formula is C19H29ClN2O. The van der Waals surface area contributed by atoms with Crippen molar-refractivity contribution in [3.8, 4) is 0 Å². The summed E-state index contributed by atoms with van der Waals surface area (Å²) in [7, 11) is 0. The summed E-state index contributed by atoms with van der Waals surface area (Å²) in [6.07, 6.45) is 8.72. The molecule has 1 aromatic carbocycles. The van der Waals surface area contributed by atoms with Crippen LogP contribution >= 0.6 is 12.4 Å². The van der Waals surface area contributed by atoms with Crippen LogP contribution in [-0.2, 0) is 4.79 Å². The minimum Gasteiger partial charge on any atom is -0.324 e. The van der Waals surface area contributed by atoms with Crippen molar-refractivity contribution in [3.63, 3.8) is 0 Å². The zero-order valence-corrected chi connectivity index (χ0v) is 15.1. The van der Waals surface area contributed by atoms with E-state index < -0.39 is 0 Å². The van der Waals surface area contributed by atoms with Crippen LogP contribution in [0.5, 0.6) is 0 Å². The van der Waals surface area contributed by atoms with Gasteiger partial charge in [-0.25, -0.2) is 0 Å². The summed E-state index contributed by atoms with van der Waals surface area (Å²) in [6, 6.07) is 6.93. The summed E-state index contributed by atoms with van der Waals surface area (Å²) in [5.41, 5.74) is 3.35. The summed E-state index contributed by atoms with van der Waals surface area (Å²) in [5.74, 6) is 0.190. The van der Waals surface area contributed by atoms with Gasteiger partial charge in [-0.05, 0) is 57.7 Å². The molecule has 3 rings (SSSR count). The molecule has 1 unspecified atom stereocenters. The Morgan fingerprint density at radius 2 is 1.83 bits per heavy atom. The van der Waals surface area contributed by atoms with Crippen molar-refractivity contribution in [2.24, 2.45) is 0 Å². The number of amides is 1. The Morgan fingerprint density at radius 1 is 1.09 bits per heavy atom. The molecule has 1 aromatic rings. The monoisotopic (exact) mass is 336 g/mol. The summed E-state index contributed by atoms with van der Waals surface area (Å²) in [4.78, 5) is 15.2. The third-order valence-electron chi connectivity index (χ3n) is 5.28. The van der Waals surface area contributed by atoms with Gasteiger partial charge >= 0.3 is 0 Å². The zero-order chi connectivity index (χ0) is 15.5. The average Bonchev–Trinajstić information content (AvgIpc) is 3.00. The lowest BCUT2D eigenvalue weighted by Crippen LogP contribution is -2.46. The molecule has 1 N–H and O–H groups in total. The van der Waals surface area contributed by atoms with Gasteiger partial charge in [-0.15, -0.1) is 12.4 Å². The molecule has 0 radical (unpaired) electrons. The molecule has 23 heavy (non-hydrogen) atoms. The van der Waals surface area contributed by atoms with Gasteiger partial charge in [0.1, 0.15) is 0 Å². The highest BCUT2D eigenvalue weighted by molar-refractivity contribution is 5.95. The minimum atomic E-state index is 0. The highest BCUT2D eigenvalue weighted by atomic mass is 35.5. The molecule has 2 fully saturated rings. The van der Waals surface area contributed by atoms with E-state index in [9.17, 15) is 4.79 Å². The Balaban J connectivity index is 0.00000192. The first-order valence-electron chi connectivity index (χ1n) is 8.79. The largest absolute Gasteiger partial charge is 0.324 e. The van der Waals surface area contributed by atoms with Crippen LogP contribution in [0.15, 0.2) is 18.2 Å². The summed E-state index contributed by atoms with van der Waals surface area (Å²) in [5, 5.41) is 3.17. The fraction of sp³-hybridized carbons (Fsp3) is 0.632. The average molecular weight is 337 g/mol. The second kappa shape index (κ2) is 8.16.